The molecule has 0 aliphatic carbocycles. The number of aromatic nitrogens is 1. The molecule has 2 aromatic rings. The minimum absolute atomic E-state index is 0.638. The third kappa shape index (κ3) is 4.63. The molecule has 0 spiro atoms. The van der Waals surface area contributed by atoms with E-state index in [1.807, 2.05) is 20.8 Å². The first-order chi connectivity index (χ1) is 14.1. The van der Waals surface area contributed by atoms with E-state index in [1.165, 1.54) is 18.6 Å². The van der Waals surface area contributed by atoms with Crippen molar-refractivity contribution in [2.45, 2.75) is 60.1 Å². The molecule has 6 heteroatoms. The lowest BCUT2D eigenvalue weighted by molar-refractivity contribution is -0.137. The Hall–Kier alpha value is -2.50. The van der Waals surface area contributed by atoms with Gasteiger partial charge < -0.3 is 9.88 Å². The second kappa shape index (κ2) is 8.70. The van der Waals surface area contributed by atoms with E-state index in [0.717, 1.165) is 82.6 Å². The van der Waals surface area contributed by atoms with E-state index < -0.39 is 11.7 Å². The highest BCUT2D eigenvalue weighted by Gasteiger charge is 2.30. The number of nitrogens with one attached hydrogen (secondary N) is 1. The molecule has 1 saturated heterocycles. The number of halogens is 3. The topological polar surface area (TPSA) is 31.4 Å². The molecule has 0 atom stereocenters. The molecule has 0 radical (unpaired) electrons. The second-order valence-electron chi connectivity index (χ2n) is 8.38. The number of alkyl halides is 3. The number of aromatic amines is 1. The van der Waals surface area contributed by atoms with Gasteiger partial charge in [0.15, 0.2) is 5.82 Å². The molecule has 3 rings (SSSR count). The molecular formula is C24H30F3N3. The minimum atomic E-state index is -4.34. The molecule has 162 valence electrons. The average Bonchev–Trinajstić information content (AvgIpc) is 3.03. The summed E-state index contributed by atoms with van der Waals surface area (Å²) in [5, 5.41) is 2.04. The smallest absolute Gasteiger partial charge is 0.355 e. The lowest BCUT2D eigenvalue weighted by Gasteiger charge is -2.28. The van der Waals surface area contributed by atoms with Crippen molar-refractivity contribution in [1.82, 2.24) is 9.88 Å². The van der Waals surface area contributed by atoms with Gasteiger partial charge in [-0.3, -0.25) is 0 Å². The van der Waals surface area contributed by atoms with Crippen molar-refractivity contribution in [3.8, 4) is 11.3 Å². The maximum Gasteiger partial charge on any atom is 0.416 e. The summed E-state index contributed by atoms with van der Waals surface area (Å²) in [6, 6.07) is 5.35. The number of likely N-dealkylation sites (tertiary alicyclic amines) is 1. The SMILES string of the molecule is CC(C)=N/C(=c1/[nH]c(-c2ccc(C(F)(F)F)cc2)c(C)c1=C(C)C)N1CCCCC1. The summed E-state index contributed by atoms with van der Waals surface area (Å²) in [5.41, 5.74) is 4.09. The van der Waals surface area contributed by atoms with Crippen LogP contribution in [0.15, 0.2) is 29.3 Å². The summed E-state index contributed by atoms with van der Waals surface area (Å²) in [5.74, 6) is 0.923. The summed E-state index contributed by atoms with van der Waals surface area (Å²) in [7, 11) is 0. The van der Waals surface area contributed by atoms with Crippen molar-refractivity contribution in [2.24, 2.45) is 4.99 Å². The van der Waals surface area contributed by atoms with Gasteiger partial charge in [-0.2, -0.15) is 13.2 Å². The largest absolute Gasteiger partial charge is 0.416 e. The van der Waals surface area contributed by atoms with E-state index in [0.29, 0.717) is 0 Å². The van der Waals surface area contributed by atoms with Crippen molar-refractivity contribution >= 4 is 17.1 Å². The van der Waals surface area contributed by atoms with E-state index in [9.17, 15) is 13.2 Å². The van der Waals surface area contributed by atoms with Crippen LogP contribution in [0.25, 0.3) is 22.7 Å². The zero-order valence-electron chi connectivity index (χ0n) is 18.4. The van der Waals surface area contributed by atoms with Crippen LogP contribution in [0, 0.1) is 6.92 Å². The Kier molecular flexibility index (Phi) is 6.44. The van der Waals surface area contributed by atoms with Gasteiger partial charge in [0, 0.05) is 29.7 Å². The quantitative estimate of drug-likeness (QED) is 0.681. The Morgan fingerprint density at radius 2 is 1.57 bits per heavy atom. The Morgan fingerprint density at radius 1 is 0.967 bits per heavy atom. The molecule has 2 heterocycles. The lowest BCUT2D eigenvalue weighted by atomic mass is 10.0. The predicted molar refractivity (Wildman–Crippen MR) is 118 cm³/mol. The van der Waals surface area contributed by atoms with Crippen molar-refractivity contribution in [1.29, 1.82) is 0 Å². The third-order valence-electron chi connectivity index (χ3n) is 5.46. The van der Waals surface area contributed by atoms with E-state index >= 15 is 0 Å². The average molecular weight is 418 g/mol. The highest BCUT2D eigenvalue weighted by Crippen LogP contribution is 2.31. The lowest BCUT2D eigenvalue weighted by Crippen LogP contribution is -2.37. The summed E-state index contributed by atoms with van der Waals surface area (Å²) in [4.78, 5) is 10.7. The standard InChI is InChI=1S/C24H30F3N3/c1-15(2)20-17(5)21(18-9-11-19(12-10-18)24(25,26)27)29-22(20)23(28-16(3)4)30-13-7-6-8-14-30/h9-12,29H,6-8,13-14H2,1-5H3/b23-22-. The zero-order valence-corrected chi connectivity index (χ0v) is 18.4. The van der Waals surface area contributed by atoms with Crippen LogP contribution in [-0.4, -0.2) is 28.7 Å². The third-order valence-corrected chi connectivity index (χ3v) is 5.46. The molecule has 1 aliphatic rings. The minimum Gasteiger partial charge on any atom is -0.355 e. The molecule has 0 bridgehead atoms. The van der Waals surface area contributed by atoms with Crippen LogP contribution in [-0.2, 0) is 6.18 Å². The summed E-state index contributed by atoms with van der Waals surface area (Å²) < 4.78 is 38.9. The molecule has 0 unspecified atom stereocenters. The molecule has 0 amide bonds. The van der Waals surface area contributed by atoms with Crippen LogP contribution in [0.2, 0.25) is 0 Å². The summed E-state index contributed by atoms with van der Waals surface area (Å²) in [6.07, 6.45) is -0.838. The van der Waals surface area contributed by atoms with Crippen molar-refractivity contribution in [2.75, 3.05) is 13.1 Å². The Labute approximate surface area is 176 Å². The molecule has 1 fully saturated rings. The van der Waals surface area contributed by atoms with Crippen LogP contribution in [0.4, 0.5) is 13.2 Å². The maximum absolute atomic E-state index is 13.0. The molecule has 3 nitrogen and oxygen atoms in total. The van der Waals surface area contributed by atoms with E-state index in [4.69, 9.17) is 4.99 Å². The van der Waals surface area contributed by atoms with Gasteiger partial charge in [-0.15, -0.1) is 0 Å². The number of aliphatic imine (C=N–C) groups is 1. The van der Waals surface area contributed by atoms with Gasteiger partial charge in [0.05, 0.1) is 10.9 Å². The Morgan fingerprint density at radius 3 is 2.07 bits per heavy atom. The number of H-pyrrole nitrogens is 1. The highest BCUT2D eigenvalue weighted by atomic mass is 19.4. The van der Waals surface area contributed by atoms with Gasteiger partial charge >= 0.3 is 6.18 Å². The van der Waals surface area contributed by atoms with Crippen LogP contribution in [0.1, 0.15) is 58.1 Å². The fourth-order valence-corrected chi connectivity index (χ4v) is 4.10. The number of rotatable bonds is 3. The first kappa shape index (κ1) is 22.2. The van der Waals surface area contributed by atoms with Crippen LogP contribution < -0.4 is 10.6 Å². The van der Waals surface area contributed by atoms with Crippen LogP contribution in [0.3, 0.4) is 0 Å². The number of hydrogen-bond donors (Lipinski definition) is 1. The normalized spacial score (nSPS) is 15.8. The van der Waals surface area contributed by atoms with Crippen LogP contribution in [0.5, 0.6) is 0 Å². The van der Waals surface area contributed by atoms with Crippen LogP contribution >= 0.6 is 0 Å². The van der Waals surface area contributed by atoms with E-state index in [2.05, 4.69) is 23.7 Å². The first-order valence-corrected chi connectivity index (χ1v) is 10.4. The molecule has 1 N–H and O–H groups in total. The van der Waals surface area contributed by atoms with Gasteiger partial charge in [0.25, 0.3) is 0 Å². The Balaban J connectivity index is 2.27. The molecule has 1 aromatic carbocycles. The van der Waals surface area contributed by atoms with E-state index in [-0.39, 0.29) is 0 Å². The second-order valence-corrected chi connectivity index (χ2v) is 8.38. The van der Waals surface area contributed by atoms with Gasteiger partial charge in [-0.25, -0.2) is 4.99 Å². The van der Waals surface area contributed by atoms with Gasteiger partial charge in [-0.05, 0) is 77.1 Å². The molecule has 30 heavy (non-hydrogen) atoms. The van der Waals surface area contributed by atoms with Crippen molar-refractivity contribution in [3.05, 3.63) is 46.0 Å². The monoisotopic (exact) mass is 417 g/mol. The number of nitrogens with zero attached hydrogens (tertiary/aromatic N) is 2. The maximum atomic E-state index is 13.0. The fraction of sp³-hybridized carbons (Fsp3) is 0.458. The molecule has 0 saturated carbocycles. The van der Waals surface area contributed by atoms with Crippen molar-refractivity contribution in [3.63, 3.8) is 0 Å². The summed E-state index contributed by atoms with van der Waals surface area (Å²) >= 11 is 0. The first-order valence-electron chi connectivity index (χ1n) is 10.4. The van der Waals surface area contributed by atoms with Gasteiger partial charge in [0.1, 0.15) is 0 Å². The number of hydrogen-bond acceptors (Lipinski definition) is 2. The number of benzene rings is 1. The molecule has 1 aliphatic heterocycles. The van der Waals surface area contributed by atoms with Gasteiger partial charge in [-0.1, -0.05) is 17.7 Å². The van der Waals surface area contributed by atoms with Crippen molar-refractivity contribution < 1.29 is 13.2 Å². The zero-order chi connectivity index (χ0) is 22.1. The Bertz CT molecular complexity index is 1040. The highest BCUT2D eigenvalue weighted by molar-refractivity contribution is 5.83. The van der Waals surface area contributed by atoms with E-state index in [1.54, 1.807) is 0 Å². The predicted octanol–water partition coefficient (Wildman–Crippen LogP) is 5.23. The molecular weight excluding hydrogens is 387 g/mol. The van der Waals surface area contributed by atoms with Gasteiger partial charge in [0.2, 0.25) is 0 Å². The fourth-order valence-electron chi connectivity index (χ4n) is 4.10. The number of piperidine rings is 1. The summed E-state index contributed by atoms with van der Waals surface area (Å²) in [6.45, 7) is 12.0. The molecule has 1 aromatic heterocycles.